The van der Waals surface area contributed by atoms with Crippen molar-refractivity contribution in [3.63, 3.8) is 0 Å². The van der Waals surface area contributed by atoms with Crippen molar-refractivity contribution in [2.75, 3.05) is 26.7 Å². The van der Waals surface area contributed by atoms with Crippen LogP contribution in [0.25, 0.3) is 0 Å². The predicted molar refractivity (Wildman–Crippen MR) is 142 cm³/mol. The van der Waals surface area contributed by atoms with E-state index in [1.165, 1.54) is 0 Å². The number of carbonyl (C=O) groups excluding carboxylic acids is 1. The van der Waals surface area contributed by atoms with Gasteiger partial charge in [-0.25, -0.2) is 8.42 Å². The molecular weight excluding hydrogens is 496 g/mol. The monoisotopic (exact) mass is 526 g/mol. The van der Waals surface area contributed by atoms with E-state index >= 15 is 0 Å². The molecule has 0 aromatic heterocycles. The summed E-state index contributed by atoms with van der Waals surface area (Å²) >= 11 is 6.20. The van der Waals surface area contributed by atoms with Crippen LogP contribution in [0, 0.1) is 6.92 Å². The summed E-state index contributed by atoms with van der Waals surface area (Å²) in [5, 5.41) is 0.441. The van der Waals surface area contributed by atoms with Gasteiger partial charge in [-0.3, -0.25) is 4.79 Å². The smallest absolute Gasteiger partial charge is 0.257 e. The van der Waals surface area contributed by atoms with Gasteiger partial charge in [0.25, 0.3) is 5.91 Å². The number of rotatable bonds is 4. The van der Waals surface area contributed by atoms with Crippen LogP contribution < -0.4 is 4.74 Å². The first-order valence-corrected chi connectivity index (χ1v) is 13.9. The van der Waals surface area contributed by atoms with Gasteiger partial charge in [0, 0.05) is 25.2 Å². The van der Waals surface area contributed by atoms with Gasteiger partial charge in [-0.15, -0.1) is 0 Å². The van der Waals surface area contributed by atoms with E-state index in [-0.39, 0.29) is 12.5 Å². The van der Waals surface area contributed by atoms with E-state index in [2.05, 4.69) is 0 Å². The van der Waals surface area contributed by atoms with Crippen LogP contribution >= 0.6 is 11.6 Å². The molecule has 1 atom stereocenters. The number of aryl methyl sites for hydroxylation is 1. The largest absolute Gasteiger partial charge is 0.491 e. The van der Waals surface area contributed by atoms with Crippen molar-refractivity contribution in [3.8, 4) is 5.75 Å². The first-order valence-electron chi connectivity index (χ1n) is 12.1. The third kappa shape index (κ3) is 5.91. The lowest BCUT2D eigenvalue weighted by atomic mass is 10.1. The summed E-state index contributed by atoms with van der Waals surface area (Å²) in [5.41, 5.74) is 2.08. The molecule has 0 spiro atoms. The van der Waals surface area contributed by atoms with Crippen molar-refractivity contribution in [2.24, 2.45) is 0 Å². The van der Waals surface area contributed by atoms with Crippen LogP contribution in [-0.2, 0) is 16.4 Å². The summed E-state index contributed by atoms with van der Waals surface area (Å²) in [6, 6.07) is 21.3. The van der Waals surface area contributed by atoms with Gasteiger partial charge in [-0.05, 0) is 61.6 Å². The molecule has 6 nitrogen and oxygen atoms in total. The molecule has 8 heteroatoms. The number of nitrogens with zero attached hydrogens (tertiary/aromatic N) is 2. The first-order chi connectivity index (χ1) is 17.3. The lowest BCUT2D eigenvalue weighted by Gasteiger charge is -2.32. The Bertz CT molecular complexity index is 1310. The minimum absolute atomic E-state index is 0.0889. The van der Waals surface area contributed by atoms with Crippen LogP contribution in [-0.4, -0.2) is 56.3 Å². The third-order valence-corrected chi connectivity index (χ3v) is 8.82. The number of carbonyl (C=O) groups is 1. The number of hydrogen-bond acceptors (Lipinski definition) is 4. The second kappa shape index (κ2) is 11.5. The Morgan fingerprint density at radius 1 is 0.972 bits per heavy atom. The highest BCUT2D eigenvalue weighted by Gasteiger charge is 2.33. The lowest BCUT2D eigenvalue weighted by molar-refractivity contribution is 0.0781. The van der Waals surface area contributed by atoms with Crippen LogP contribution in [0.15, 0.2) is 77.7 Å². The number of amides is 1. The van der Waals surface area contributed by atoms with Crippen molar-refractivity contribution in [1.82, 2.24) is 9.21 Å². The SMILES string of the molecule is Cc1ccccc1S(=O)(=O)N1CCCCN(C)C(=O)c2cc(Cl)ccc2OC[C@H]1Cc1ccccc1. The fourth-order valence-corrected chi connectivity index (χ4v) is 6.55. The summed E-state index contributed by atoms with van der Waals surface area (Å²) in [7, 11) is -2.07. The standard InChI is InChI=1S/C28H31ClN2O4S/c1-21-10-6-7-13-27(21)36(33,34)31-17-9-8-16-30(2)28(32)25-19-23(29)14-15-26(25)35-20-24(31)18-22-11-4-3-5-12-22/h3-7,10-15,19,24H,8-9,16-18,20H2,1-2H3/t24-/m1/s1. The molecule has 1 aliphatic heterocycles. The number of halogens is 1. The number of hydrogen-bond donors (Lipinski definition) is 0. The molecule has 1 heterocycles. The molecule has 0 N–H and O–H groups in total. The third-order valence-electron chi connectivity index (χ3n) is 6.47. The molecule has 3 aromatic carbocycles. The minimum atomic E-state index is -3.81. The molecule has 0 fully saturated rings. The van der Waals surface area contributed by atoms with E-state index in [9.17, 15) is 13.2 Å². The van der Waals surface area contributed by atoms with Gasteiger partial charge in [-0.2, -0.15) is 4.31 Å². The van der Waals surface area contributed by atoms with Gasteiger partial charge in [0.2, 0.25) is 10.0 Å². The second-order valence-corrected chi connectivity index (χ2v) is 11.4. The summed E-state index contributed by atoms with van der Waals surface area (Å²) in [4.78, 5) is 15.0. The van der Waals surface area contributed by atoms with Gasteiger partial charge in [0.15, 0.2) is 0 Å². The highest BCUT2D eigenvalue weighted by atomic mass is 35.5. The van der Waals surface area contributed by atoms with E-state index in [0.29, 0.717) is 59.1 Å². The normalized spacial score (nSPS) is 18.0. The maximum atomic E-state index is 14.0. The molecule has 0 bridgehead atoms. The van der Waals surface area contributed by atoms with E-state index < -0.39 is 16.1 Å². The number of benzene rings is 3. The van der Waals surface area contributed by atoms with Gasteiger partial charge in [0.05, 0.1) is 16.5 Å². The second-order valence-electron chi connectivity index (χ2n) is 9.11. The quantitative estimate of drug-likeness (QED) is 0.469. The Morgan fingerprint density at radius 2 is 1.67 bits per heavy atom. The fourth-order valence-electron chi connectivity index (χ4n) is 4.51. The van der Waals surface area contributed by atoms with Crippen molar-refractivity contribution in [1.29, 1.82) is 0 Å². The molecule has 3 aromatic rings. The molecule has 1 amide bonds. The van der Waals surface area contributed by atoms with Crippen molar-refractivity contribution in [2.45, 2.75) is 37.1 Å². The van der Waals surface area contributed by atoms with Crippen LogP contribution in [0.1, 0.15) is 34.3 Å². The van der Waals surface area contributed by atoms with Gasteiger partial charge < -0.3 is 9.64 Å². The molecule has 36 heavy (non-hydrogen) atoms. The van der Waals surface area contributed by atoms with E-state index in [1.807, 2.05) is 49.4 Å². The molecule has 0 unspecified atom stereocenters. The summed E-state index contributed by atoms with van der Waals surface area (Å²) < 4.78 is 35.8. The topological polar surface area (TPSA) is 66.9 Å². The highest BCUT2D eigenvalue weighted by Crippen LogP contribution is 2.28. The van der Waals surface area contributed by atoms with Crippen molar-refractivity contribution >= 4 is 27.5 Å². The summed E-state index contributed by atoms with van der Waals surface area (Å²) in [6.45, 7) is 2.72. The molecule has 190 valence electrons. The maximum Gasteiger partial charge on any atom is 0.257 e. The molecule has 0 aliphatic carbocycles. The minimum Gasteiger partial charge on any atom is -0.491 e. The predicted octanol–water partition coefficient (Wildman–Crippen LogP) is 5.20. The average molecular weight is 527 g/mol. The van der Waals surface area contributed by atoms with Gasteiger partial charge in [-0.1, -0.05) is 60.1 Å². The van der Waals surface area contributed by atoms with Gasteiger partial charge >= 0.3 is 0 Å². The first kappa shape index (κ1) is 26.2. The molecule has 0 saturated heterocycles. The molecule has 0 saturated carbocycles. The zero-order valence-corrected chi connectivity index (χ0v) is 22.1. The number of ether oxygens (including phenoxy) is 1. The number of sulfonamides is 1. The summed E-state index contributed by atoms with van der Waals surface area (Å²) in [5.74, 6) is 0.222. The zero-order valence-electron chi connectivity index (χ0n) is 20.6. The Morgan fingerprint density at radius 3 is 2.42 bits per heavy atom. The lowest BCUT2D eigenvalue weighted by Crippen LogP contribution is -2.46. The van der Waals surface area contributed by atoms with Crippen LogP contribution in [0.5, 0.6) is 5.75 Å². The maximum absolute atomic E-state index is 14.0. The molecular formula is C28H31ClN2O4S. The van der Waals surface area contributed by atoms with Crippen molar-refractivity contribution in [3.05, 3.63) is 94.5 Å². The van der Waals surface area contributed by atoms with Gasteiger partial charge in [0.1, 0.15) is 12.4 Å². The Balaban J connectivity index is 1.77. The molecule has 0 radical (unpaired) electrons. The molecule has 1 aliphatic rings. The van der Waals surface area contributed by atoms with Crippen LogP contribution in [0.2, 0.25) is 5.02 Å². The van der Waals surface area contributed by atoms with E-state index in [0.717, 1.165) is 5.56 Å². The molecule has 4 rings (SSSR count). The Labute approximate surface area is 218 Å². The van der Waals surface area contributed by atoms with Crippen LogP contribution in [0.4, 0.5) is 0 Å². The zero-order chi connectivity index (χ0) is 25.7. The number of fused-ring (bicyclic) bond motifs is 1. The van der Waals surface area contributed by atoms with Crippen LogP contribution in [0.3, 0.4) is 0 Å². The average Bonchev–Trinajstić information content (AvgIpc) is 2.86. The van der Waals surface area contributed by atoms with Crippen molar-refractivity contribution < 1.29 is 17.9 Å². The fraction of sp³-hybridized carbons (Fsp3) is 0.321. The van der Waals surface area contributed by atoms with E-state index in [4.69, 9.17) is 16.3 Å². The van der Waals surface area contributed by atoms with E-state index in [1.54, 1.807) is 46.6 Å². The Kier molecular flexibility index (Phi) is 8.34. The Hall–Kier alpha value is -2.87. The highest BCUT2D eigenvalue weighted by molar-refractivity contribution is 7.89. The summed E-state index contributed by atoms with van der Waals surface area (Å²) in [6.07, 6.45) is 1.75.